The number of imide groups is 1. The third kappa shape index (κ3) is 3.30. The molecule has 2 aromatic rings. The maximum atomic E-state index is 12.4. The largest absolute Gasteiger partial charge is 0.497 e. The lowest BCUT2D eigenvalue weighted by Gasteiger charge is -2.09. The molecule has 1 N–H and O–H groups in total. The number of carbonyl (C=O) groups is 3. The van der Waals surface area contributed by atoms with E-state index in [1.165, 1.54) is 7.11 Å². The lowest BCUT2D eigenvalue weighted by Crippen LogP contribution is -2.36. The molecular weight excluding hydrogens is 338 g/mol. The lowest BCUT2D eigenvalue weighted by atomic mass is 10.2. The van der Waals surface area contributed by atoms with Crippen molar-refractivity contribution in [3.05, 3.63) is 54.0 Å². The standard InChI is InChI=1S/C18H17N3O5/c1-25-14-7-5-12(6-8-14)20-9-3-4-13(20)10-15-17(23)21(18(24)19-15)11-16(22)26-2/h3-10H,11H2,1-2H3,(H,19,24)/b15-10+. The number of benzene rings is 1. The van der Waals surface area contributed by atoms with Gasteiger partial charge in [0.25, 0.3) is 5.91 Å². The minimum Gasteiger partial charge on any atom is -0.497 e. The third-order valence-corrected chi connectivity index (χ3v) is 3.90. The highest BCUT2D eigenvalue weighted by molar-refractivity contribution is 6.15. The molecule has 1 aromatic carbocycles. The van der Waals surface area contributed by atoms with Crippen molar-refractivity contribution in [3.8, 4) is 11.4 Å². The molecule has 0 atom stereocenters. The van der Waals surface area contributed by atoms with E-state index >= 15 is 0 Å². The van der Waals surface area contributed by atoms with Gasteiger partial charge < -0.3 is 19.4 Å². The quantitative estimate of drug-likeness (QED) is 0.499. The van der Waals surface area contributed by atoms with Crippen LogP contribution in [-0.4, -0.2) is 48.1 Å². The predicted molar refractivity (Wildman–Crippen MR) is 92.6 cm³/mol. The van der Waals surface area contributed by atoms with Gasteiger partial charge in [0.05, 0.1) is 14.2 Å². The second kappa shape index (κ2) is 7.14. The molecule has 1 aromatic heterocycles. The molecule has 8 heteroatoms. The van der Waals surface area contributed by atoms with E-state index in [0.29, 0.717) is 5.69 Å². The van der Waals surface area contributed by atoms with E-state index < -0.39 is 24.5 Å². The molecule has 2 heterocycles. The highest BCUT2D eigenvalue weighted by atomic mass is 16.5. The normalized spacial score (nSPS) is 15.3. The third-order valence-electron chi connectivity index (χ3n) is 3.90. The number of rotatable bonds is 5. The fourth-order valence-electron chi connectivity index (χ4n) is 2.55. The van der Waals surface area contributed by atoms with Crippen molar-refractivity contribution < 1.29 is 23.9 Å². The van der Waals surface area contributed by atoms with Crippen LogP contribution in [0.1, 0.15) is 5.69 Å². The molecule has 1 aliphatic rings. The first kappa shape index (κ1) is 17.3. The number of esters is 1. The number of methoxy groups -OCH3 is 2. The Hall–Kier alpha value is -3.55. The molecule has 0 bridgehead atoms. The molecule has 8 nitrogen and oxygen atoms in total. The molecule has 0 aliphatic carbocycles. The minimum absolute atomic E-state index is 0.0902. The van der Waals surface area contributed by atoms with Gasteiger partial charge in [-0.15, -0.1) is 0 Å². The molecule has 26 heavy (non-hydrogen) atoms. The van der Waals surface area contributed by atoms with Gasteiger partial charge in [-0.1, -0.05) is 0 Å². The Morgan fingerprint density at radius 3 is 2.54 bits per heavy atom. The first-order chi connectivity index (χ1) is 12.5. The van der Waals surface area contributed by atoms with Crippen molar-refractivity contribution >= 4 is 24.0 Å². The summed E-state index contributed by atoms with van der Waals surface area (Å²) < 4.78 is 11.5. The molecule has 1 fully saturated rings. The van der Waals surface area contributed by atoms with Gasteiger partial charge in [-0.2, -0.15) is 0 Å². The van der Waals surface area contributed by atoms with E-state index in [1.807, 2.05) is 41.1 Å². The van der Waals surface area contributed by atoms with E-state index in [4.69, 9.17) is 4.74 Å². The van der Waals surface area contributed by atoms with Crippen molar-refractivity contribution in [2.45, 2.75) is 0 Å². The summed E-state index contributed by atoms with van der Waals surface area (Å²) in [5.41, 5.74) is 1.65. The second-order valence-corrected chi connectivity index (χ2v) is 5.46. The number of carbonyl (C=O) groups excluding carboxylic acids is 3. The van der Waals surface area contributed by atoms with Gasteiger partial charge in [0.15, 0.2) is 0 Å². The van der Waals surface area contributed by atoms with Gasteiger partial charge in [0.2, 0.25) is 0 Å². The van der Waals surface area contributed by atoms with Crippen molar-refractivity contribution in [1.29, 1.82) is 0 Å². The molecule has 1 aliphatic heterocycles. The summed E-state index contributed by atoms with van der Waals surface area (Å²) in [5.74, 6) is -0.517. The Bertz CT molecular complexity index is 882. The molecular formula is C18H17N3O5. The Kier molecular flexibility index (Phi) is 4.74. The number of nitrogens with zero attached hydrogens (tertiary/aromatic N) is 2. The van der Waals surface area contributed by atoms with Crippen molar-refractivity contribution in [3.63, 3.8) is 0 Å². The summed E-state index contributed by atoms with van der Waals surface area (Å²) in [6.07, 6.45) is 3.39. The Morgan fingerprint density at radius 1 is 1.15 bits per heavy atom. The summed E-state index contributed by atoms with van der Waals surface area (Å²) in [6, 6.07) is 10.4. The topological polar surface area (TPSA) is 89.9 Å². The van der Waals surface area contributed by atoms with Gasteiger partial charge in [-0.3, -0.25) is 9.59 Å². The Morgan fingerprint density at radius 2 is 1.88 bits per heavy atom. The average Bonchev–Trinajstić information content (AvgIpc) is 3.22. The van der Waals surface area contributed by atoms with Gasteiger partial charge in [0.1, 0.15) is 18.0 Å². The smallest absolute Gasteiger partial charge is 0.329 e. The van der Waals surface area contributed by atoms with Crippen LogP contribution in [0.15, 0.2) is 48.3 Å². The highest BCUT2D eigenvalue weighted by Crippen LogP contribution is 2.20. The summed E-state index contributed by atoms with van der Waals surface area (Å²) in [4.78, 5) is 36.4. The van der Waals surface area contributed by atoms with Crippen LogP contribution < -0.4 is 10.1 Å². The molecule has 0 radical (unpaired) electrons. The molecule has 3 amide bonds. The summed E-state index contributed by atoms with van der Waals surface area (Å²) in [6.45, 7) is -0.433. The fourth-order valence-corrected chi connectivity index (χ4v) is 2.55. The summed E-state index contributed by atoms with van der Waals surface area (Å²) >= 11 is 0. The van der Waals surface area contributed by atoms with Crippen LogP contribution in [0.25, 0.3) is 11.8 Å². The number of aromatic nitrogens is 1. The lowest BCUT2D eigenvalue weighted by molar-refractivity contribution is -0.143. The maximum absolute atomic E-state index is 12.4. The van der Waals surface area contributed by atoms with Crippen molar-refractivity contribution in [1.82, 2.24) is 14.8 Å². The van der Waals surface area contributed by atoms with Gasteiger partial charge >= 0.3 is 12.0 Å². The number of amides is 3. The van der Waals surface area contributed by atoms with Crippen molar-refractivity contribution in [2.24, 2.45) is 0 Å². The number of hydrogen-bond acceptors (Lipinski definition) is 5. The zero-order chi connectivity index (χ0) is 18.7. The molecule has 0 spiro atoms. The van der Waals surface area contributed by atoms with Crippen LogP contribution in [0.4, 0.5) is 4.79 Å². The van der Waals surface area contributed by atoms with Crippen molar-refractivity contribution in [2.75, 3.05) is 20.8 Å². The predicted octanol–water partition coefficient (Wildman–Crippen LogP) is 1.55. The monoisotopic (exact) mass is 355 g/mol. The Labute approximate surface area is 149 Å². The maximum Gasteiger partial charge on any atom is 0.329 e. The number of ether oxygens (including phenoxy) is 2. The molecule has 0 saturated carbocycles. The van der Waals surface area contributed by atoms with Crippen LogP contribution in [0.2, 0.25) is 0 Å². The van der Waals surface area contributed by atoms with E-state index in [9.17, 15) is 14.4 Å². The minimum atomic E-state index is -0.670. The first-order valence-corrected chi connectivity index (χ1v) is 7.76. The molecule has 3 rings (SSSR count). The van der Waals surface area contributed by atoms with Gasteiger partial charge in [0, 0.05) is 17.6 Å². The van der Waals surface area contributed by atoms with Crippen LogP contribution in [0.5, 0.6) is 5.75 Å². The Balaban J connectivity index is 1.87. The average molecular weight is 355 g/mol. The number of hydrogen-bond donors (Lipinski definition) is 1. The first-order valence-electron chi connectivity index (χ1n) is 7.76. The summed E-state index contributed by atoms with van der Waals surface area (Å²) in [7, 11) is 2.79. The van der Waals surface area contributed by atoms with Crippen LogP contribution in [0, 0.1) is 0 Å². The number of nitrogens with one attached hydrogen (secondary N) is 1. The molecule has 1 saturated heterocycles. The van der Waals surface area contributed by atoms with Crippen LogP contribution in [0.3, 0.4) is 0 Å². The van der Waals surface area contributed by atoms with Gasteiger partial charge in [-0.25, -0.2) is 9.69 Å². The zero-order valence-electron chi connectivity index (χ0n) is 14.3. The van der Waals surface area contributed by atoms with E-state index in [-0.39, 0.29) is 5.70 Å². The molecule has 134 valence electrons. The zero-order valence-corrected chi connectivity index (χ0v) is 14.3. The van der Waals surface area contributed by atoms with E-state index in [2.05, 4.69) is 10.1 Å². The second-order valence-electron chi connectivity index (χ2n) is 5.46. The van der Waals surface area contributed by atoms with E-state index in [0.717, 1.165) is 16.3 Å². The highest BCUT2D eigenvalue weighted by Gasteiger charge is 2.35. The SMILES string of the molecule is COC(=O)CN1C(=O)N/C(=C/c2cccn2-c2ccc(OC)cc2)C1=O. The molecule has 0 unspecified atom stereocenters. The van der Waals surface area contributed by atoms with Crippen LogP contribution >= 0.6 is 0 Å². The van der Waals surface area contributed by atoms with Crippen LogP contribution in [-0.2, 0) is 14.3 Å². The fraction of sp³-hybridized carbons (Fsp3) is 0.167. The van der Waals surface area contributed by atoms with E-state index in [1.54, 1.807) is 19.3 Å². The van der Waals surface area contributed by atoms with Gasteiger partial charge in [-0.05, 0) is 42.5 Å². The summed E-state index contributed by atoms with van der Waals surface area (Å²) in [5, 5.41) is 2.48. The number of urea groups is 1.